The molecule has 1 saturated heterocycles. The second kappa shape index (κ2) is 9.67. The molecule has 4 rings (SSSR count). The largest absolute Gasteiger partial charge is 0.345 e. The lowest BCUT2D eigenvalue weighted by atomic mass is 9.93. The Balaban J connectivity index is 1.55. The minimum Gasteiger partial charge on any atom is -0.345 e. The summed E-state index contributed by atoms with van der Waals surface area (Å²) >= 11 is 0. The second-order valence-corrected chi connectivity index (χ2v) is 10.2. The molecule has 0 saturated carbocycles. The maximum atomic E-state index is 13.3. The van der Waals surface area contributed by atoms with E-state index >= 15 is 0 Å². The van der Waals surface area contributed by atoms with Crippen molar-refractivity contribution in [2.24, 2.45) is 5.92 Å². The summed E-state index contributed by atoms with van der Waals surface area (Å²) in [7, 11) is -3.61. The molecule has 0 spiro atoms. The highest BCUT2D eigenvalue weighted by molar-refractivity contribution is 7.89. The Kier molecular flexibility index (Phi) is 6.72. The van der Waals surface area contributed by atoms with Crippen molar-refractivity contribution in [2.45, 2.75) is 30.7 Å². The molecule has 1 N–H and O–H groups in total. The van der Waals surface area contributed by atoms with Gasteiger partial charge in [-0.25, -0.2) is 8.42 Å². The number of aryl methyl sites for hydroxylation is 1. The number of nitrogens with zero attached hydrogens (tertiary/aromatic N) is 1. The van der Waals surface area contributed by atoms with Crippen molar-refractivity contribution < 1.29 is 13.2 Å². The third kappa shape index (κ3) is 4.76. The smallest absolute Gasteiger partial charge is 0.243 e. The first-order valence-electron chi connectivity index (χ1n) is 10.9. The molecule has 3 aromatic rings. The lowest BCUT2D eigenvalue weighted by Gasteiger charge is -2.32. The molecule has 1 heterocycles. The van der Waals surface area contributed by atoms with Crippen molar-refractivity contribution in [3.8, 4) is 0 Å². The molecule has 0 aromatic heterocycles. The molecule has 0 bridgehead atoms. The number of carbonyl (C=O) groups is 1. The fraction of sp³-hybridized carbons (Fsp3) is 0.269. The van der Waals surface area contributed by atoms with Gasteiger partial charge in [-0.05, 0) is 48.6 Å². The summed E-state index contributed by atoms with van der Waals surface area (Å²) in [5.41, 5.74) is 3.13. The predicted molar refractivity (Wildman–Crippen MR) is 126 cm³/mol. The number of sulfonamides is 1. The molecule has 1 aliphatic heterocycles. The third-order valence-electron chi connectivity index (χ3n) is 6.05. The van der Waals surface area contributed by atoms with Crippen molar-refractivity contribution in [3.63, 3.8) is 0 Å². The van der Waals surface area contributed by atoms with Crippen molar-refractivity contribution >= 4 is 15.9 Å². The zero-order valence-electron chi connectivity index (χ0n) is 18.1. The Morgan fingerprint density at radius 1 is 0.938 bits per heavy atom. The predicted octanol–water partition coefficient (Wildman–Crippen LogP) is 4.30. The fourth-order valence-corrected chi connectivity index (χ4v) is 5.82. The van der Waals surface area contributed by atoms with Crippen molar-refractivity contribution in [1.29, 1.82) is 0 Å². The Labute approximate surface area is 190 Å². The number of piperidine rings is 1. The molecule has 6 heteroatoms. The number of nitrogens with one attached hydrogen (secondary N) is 1. The average Bonchev–Trinajstić information content (AvgIpc) is 2.84. The summed E-state index contributed by atoms with van der Waals surface area (Å²) in [6, 6.07) is 26.0. The van der Waals surface area contributed by atoms with Crippen molar-refractivity contribution in [2.75, 3.05) is 13.1 Å². The molecular formula is C26H28N2O3S. The van der Waals surface area contributed by atoms with Crippen LogP contribution in [0.5, 0.6) is 0 Å². The maximum Gasteiger partial charge on any atom is 0.243 e. The maximum absolute atomic E-state index is 13.3. The van der Waals surface area contributed by atoms with E-state index in [0.717, 1.165) is 16.7 Å². The Bertz CT molecular complexity index is 1160. The van der Waals surface area contributed by atoms with E-state index < -0.39 is 15.9 Å². The molecule has 1 aliphatic rings. The lowest BCUT2D eigenvalue weighted by Crippen LogP contribution is -2.46. The molecule has 5 nitrogen and oxygen atoms in total. The van der Waals surface area contributed by atoms with Crippen LogP contribution in [0.2, 0.25) is 0 Å². The van der Waals surface area contributed by atoms with Gasteiger partial charge in [0.25, 0.3) is 0 Å². The zero-order chi connectivity index (χ0) is 22.6. The lowest BCUT2D eigenvalue weighted by molar-refractivity contribution is -0.126. The van der Waals surface area contributed by atoms with E-state index in [0.29, 0.717) is 19.4 Å². The number of carbonyl (C=O) groups excluding carboxylic acids is 1. The summed E-state index contributed by atoms with van der Waals surface area (Å²) in [6.45, 7) is 2.66. The van der Waals surface area contributed by atoms with Crippen LogP contribution in [0.1, 0.15) is 35.6 Å². The van der Waals surface area contributed by atoms with Crippen LogP contribution in [0, 0.1) is 12.8 Å². The van der Waals surface area contributed by atoms with E-state index in [9.17, 15) is 13.2 Å². The number of hydrogen-bond donors (Lipinski definition) is 1. The van der Waals surface area contributed by atoms with Gasteiger partial charge in [-0.2, -0.15) is 4.31 Å². The topological polar surface area (TPSA) is 66.5 Å². The molecule has 0 radical (unpaired) electrons. The van der Waals surface area contributed by atoms with Gasteiger partial charge in [-0.3, -0.25) is 4.79 Å². The SMILES string of the molecule is Cc1ccccc1[C@@H](NC(=O)[C@H]1CCCN(S(=O)(=O)c2ccccc2)C1)c1ccccc1. The van der Waals surface area contributed by atoms with Crippen LogP contribution in [0.25, 0.3) is 0 Å². The highest BCUT2D eigenvalue weighted by Crippen LogP contribution is 2.28. The molecule has 32 heavy (non-hydrogen) atoms. The molecule has 1 amide bonds. The van der Waals surface area contributed by atoms with Crippen LogP contribution in [-0.4, -0.2) is 31.7 Å². The first-order valence-corrected chi connectivity index (χ1v) is 12.4. The summed E-state index contributed by atoms with van der Waals surface area (Å²) in [5, 5.41) is 3.21. The molecule has 166 valence electrons. The molecular weight excluding hydrogens is 420 g/mol. The van der Waals surface area contributed by atoms with Crippen LogP contribution in [0.3, 0.4) is 0 Å². The van der Waals surface area contributed by atoms with Gasteiger partial charge in [-0.15, -0.1) is 0 Å². The van der Waals surface area contributed by atoms with Crippen LogP contribution < -0.4 is 5.32 Å². The van der Waals surface area contributed by atoms with Crippen LogP contribution in [0.4, 0.5) is 0 Å². The monoisotopic (exact) mass is 448 g/mol. The summed E-state index contributed by atoms with van der Waals surface area (Å²) in [5.74, 6) is -0.507. The highest BCUT2D eigenvalue weighted by Gasteiger charge is 2.34. The average molecular weight is 449 g/mol. The van der Waals surface area contributed by atoms with Gasteiger partial charge < -0.3 is 5.32 Å². The minimum absolute atomic E-state index is 0.116. The van der Waals surface area contributed by atoms with Crippen LogP contribution in [0.15, 0.2) is 89.8 Å². The Hall–Kier alpha value is -2.96. The van der Waals surface area contributed by atoms with Gasteiger partial charge in [-0.1, -0.05) is 72.8 Å². The number of benzene rings is 3. The first-order chi connectivity index (χ1) is 15.5. The fourth-order valence-electron chi connectivity index (χ4n) is 4.27. The highest BCUT2D eigenvalue weighted by atomic mass is 32.2. The van der Waals surface area contributed by atoms with Gasteiger partial charge in [0.1, 0.15) is 0 Å². The number of amides is 1. The van der Waals surface area contributed by atoms with Crippen molar-refractivity contribution in [1.82, 2.24) is 9.62 Å². The first kappa shape index (κ1) is 22.2. The summed E-state index contributed by atoms with van der Waals surface area (Å²) in [6.07, 6.45) is 1.33. The Morgan fingerprint density at radius 2 is 1.56 bits per heavy atom. The standard InChI is InChI=1S/C26H28N2O3S/c1-20-11-8-9-17-24(20)25(21-12-4-2-5-13-21)27-26(29)22-14-10-18-28(19-22)32(30,31)23-15-6-3-7-16-23/h2-9,11-13,15-17,22,25H,10,14,18-19H2,1H3,(H,27,29)/t22-,25-/m0/s1. The zero-order valence-corrected chi connectivity index (χ0v) is 19.0. The number of hydrogen-bond acceptors (Lipinski definition) is 3. The number of rotatable bonds is 6. The van der Waals surface area contributed by atoms with E-state index in [2.05, 4.69) is 5.32 Å². The van der Waals surface area contributed by atoms with E-state index in [-0.39, 0.29) is 23.4 Å². The molecule has 2 atom stereocenters. The van der Waals surface area contributed by atoms with E-state index in [1.54, 1.807) is 30.3 Å². The molecule has 1 fully saturated rings. The summed E-state index contributed by atoms with van der Waals surface area (Å²) < 4.78 is 27.6. The molecule has 0 aliphatic carbocycles. The quantitative estimate of drug-likeness (QED) is 0.611. The van der Waals surface area contributed by atoms with E-state index in [1.807, 2.05) is 61.5 Å². The van der Waals surface area contributed by atoms with Gasteiger partial charge >= 0.3 is 0 Å². The minimum atomic E-state index is -3.61. The van der Waals surface area contributed by atoms with Gasteiger partial charge in [0, 0.05) is 13.1 Å². The molecule has 0 unspecified atom stereocenters. The van der Waals surface area contributed by atoms with E-state index in [1.165, 1.54) is 4.31 Å². The van der Waals surface area contributed by atoms with Crippen molar-refractivity contribution in [3.05, 3.63) is 102 Å². The summed E-state index contributed by atoms with van der Waals surface area (Å²) in [4.78, 5) is 13.6. The van der Waals surface area contributed by atoms with Gasteiger partial charge in [0.05, 0.1) is 16.9 Å². The van der Waals surface area contributed by atoms with Crippen LogP contribution >= 0.6 is 0 Å². The Morgan fingerprint density at radius 3 is 2.25 bits per heavy atom. The molecule has 3 aromatic carbocycles. The third-order valence-corrected chi connectivity index (χ3v) is 7.93. The van der Waals surface area contributed by atoms with Gasteiger partial charge in [0.2, 0.25) is 15.9 Å². The van der Waals surface area contributed by atoms with E-state index in [4.69, 9.17) is 0 Å². The second-order valence-electron chi connectivity index (χ2n) is 8.22. The van der Waals surface area contributed by atoms with Crippen LogP contribution in [-0.2, 0) is 14.8 Å². The normalized spacial score (nSPS) is 18.1. The van der Waals surface area contributed by atoms with Gasteiger partial charge in [0.15, 0.2) is 0 Å².